The van der Waals surface area contributed by atoms with Crippen molar-refractivity contribution in [2.45, 2.75) is 12.8 Å². The fourth-order valence-electron chi connectivity index (χ4n) is 2.87. The molecular formula is C16H25N3O3. The van der Waals surface area contributed by atoms with Crippen molar-refractivity contribution in [3.63, 3.8) is 0 Å². The van der Waals surface area contributed by atoms with Crippen LogP contribution in [0.5, 0.6) is 5.75 Å². The molecule has 1 aliphatic heterocycles. The van der Waals surface area contributed by atoms with Gasteiger partial charge in [-0.2, -0.15) is 0 Å². The summed E-state index contributed by atoms with van der Waals surface area (Å²) in [6, 6.07) is 6.26. The number of hydrogen-bond donors (Lipinski definition) is 0. The molecule has 1 aromatic rings. The van der Waals surface area contributed by atoms with E-state index in [-0.39, 0.29) is 5.69 Å². The Morgan fingerprint density at radius 1 is 1.27 bits per heavy atom. The number of piperidine rings is 1. The van der Waals surface area contributed by atoms with Gasteiger partial charge in [0.25, 0.3) is 5.69 Å². The summed E-state index contributed by atoms with van der Waals surface area (Å²) < 4.78 is 5.66. The third kappa shape index (κ3) is 5.27. The van der Waals surface area contributed by atoms with Crippen molar-refractivity contribution >= 4 is 5.69 Å². The third-order valence-corrected chi connectivity index (χ3v) is 4.05. The second kappa shape index (κ2) is 8.10. The van der Waals surface area contributed by atoms with E-state index in [1.807, 2.05) is 0 Å². The Morgan fingerprint density at radius 2 is 1.91 bits per heavy atom. The van der Waals surface area contributed by atoms with Gasteiger partial charge in [0.1, 0.15) is 12.4 Å². The van der Waals surface area contributed by atoms with Crippen LogP contribution in [0.4, 0.5) is 5.69 Å². The Balaban J connectivity index is 1.66. The summed E-state index contributed by atoms with van der Waals surface area (Å²) in [6.07, 6.45) is 2.49. The molecule has 1 saturated heterocycles. The van der Waals surface area contributed by atoms with Crippen molar-refractivity contribution in [3.8, 4) is 5.75 Å². The first-order chi connectivity index (χ1) is 10.5. The molecule has 6 heteroatoms. The van der Waals surface area contributed by atoms with Gasteiger partial charge < -0.3 is 9.64 Å². The lowest BCUT2D eigenvalue weighted by Crippen LogP contribution is -2.39. The van der Waals surface area contributed by atoms with Gasteiger partial charge >= 0.3 is 0 Å². The molecular weight excluding hydrogens is 282 g/mol. The fourth-order valence-corrected chi connectivity index (χ4v) is 2.87. The second-order valence-corrected chi connectivity index (χ2v) is 6.15. The van der Waals surface area contributed by atoms with Gasteiger partial charge in [-0.25, -0.2) is 0 Å². The van der Waals surface area contributed by atoms with Crippen molar-refractivity contribution in [1.82, 2.24) is 9.80 Å². The Labute approximate surface area is 131 Å². The monoisotopic (exact) mass is 307 g/mol. The van der Waals surface area contributed by atoms with Gasteiger partial charge in [-0.1, -0.05) is 0 Å². The minimum Gasteiger partial charge on any atom is -0.492 e. The summed E-state index contributed by atoms with van der Waals surface area (Å²) in [5.41, 5.74) is 0.0929. The van der Waals surface area contributed by atoms with Crippen molar-refractivity contribution in [3.05, 3.63) is 34.4 Å². The first kappa shape index (κ1) is 16.7. The Morgan fingerprint density at radius 3 is 2.45 bits per heavy atom. The molecule has 0 amide bonds. The molecule has 1 aliphatic rings. The minimum atomic E-state index is -0.401. The molecule has 0 spiro atoms. The molecule has 2 rings (SSSR count). The van der Waals surface area contributed by atoms with E-state index < -0.39 is 4.92 Å². The Bertz CT molecular complexity index is 468. The summed E-state index contributed by atoms with van der Waals surface area (Å²) in [4.78, 5) is 14.9. The summed E-state index contributed by atoms with van der Waals surface area (Å²) in [7, 11) is 4.26. The molecule has 0 N–H and O–H groups in total. The van der Waals surface area contributed by atoms with Crippen LogP contribution in [-0.2, 0) is 0 Å². The first-order valence-corrected chi connectivity index (χ1v) is 7.79. The van der Waals surface area contributed by atoms with Crippen LogP contribution in [-0.4, -0.2) is 61.6 Å². The molecule has 0 unspecified atom stereocenters. The highest BCUT2D eigenvalue weighted by molar-refractivity contribution is 5.35. The van der Waals surface area contributed by atoms with Gasteiger partial charge in [0, 0.05) is 25.2 Å². The lowest BCUT2D eigenvalue weighted by atomic mass is 9.96. The normalized spacial score (nSPS) is 16.9. The maximum Gasteiger partial charge on any atom is 0.269 e. The average molecular weight is 307 g/mol. The van der Waals surface area contributed by atoms with Crippen molar-refractivity contribution in [1.29, 1.82) is 0 Å². The van der Waals surface area contributed by atoms with Crippen LogP contribution in [0.2, 0.25) is 0 Å². The number of non-ortho nitro benzene ring substituents is 1. The van der Waals surface area contributed by atoms with Gasteiger partial charge in [0.05, 0.1) is 4.92 Å². The number of nitro groups is 1. The van der Waals surface area contributed by atoms with Crippen LogP contribution in [0.3, 0.4) is 0 Å². The Kier molecular flexibility index (Phi) is 6.15. The summed E-state index contributed by atoms with van der Waals surface area (Å²) in [6.45, 7) is 4.96. The summed E-state index contributed by atoms with van der Waals surface area (Å²) >= 11 is 0. The maximum absolute atomic E-state index is 10.6. The molecule has 1 fully saturated rings. The van der Waals surface area contributed by atoms with Crippen molar-refractivity contribution < 1.29 is 9.66 Å². The highest BCUT2D eigenvalue weighted by Gasteiger charge is 2.19. The number of likely N-dealkylation sites (tertiary alicyclic amines) is 1. The van der Waals surface area contributed by atoms with Gasteiger partial charge in [-0.05, 0) is 58.1 Å². The zero-order valence-corrected chi connectivity index (χ0v) is 13.4. The lowest BCUT2D eigenvalue weighted by Gasteiger charge is -2.33. The number of rotatable bonds is 7. The molecule has 1 aromatic carbocycles. The zero-order valence-electron chi connectivity index (χ0n) is 13.4. The van der Waals surface area contributed by atoms with Crippen LogP contribution in [0.25, 0.3) is 0 Å². The molecule has 22 heavy (non-hydrogen) atoms. The average Bonchev–Trinajstić information content (AvgIpc) is 2.49. The molecule has 1 heterocycles. The molecule has 6 nitrogen and oxygen atoms in total. The van der Waals surface area contributed by atoms with Gasteiger partial charge in [-0.15, -0.1) is 0 Å². The van der Waals surface area contributed by atoms with Gasteiger partial charge in [0.2, 0.25) is 0 Å². The minimum absolute atomic E-state index is 0.0929. The third-order valence-electron chi connectivity index (χ3n) is 4.05. The number of nitro benzene ring substituents is 1. The molecule has 0 atom stereocenters. The number of ether oxygens (including phenoxy) is 1. The van der Waals surface area contributed by atoms with E-state index in [9.17, 15) is 10.1 Å². The van der Waals surface area contributed by atoms with Crippen molar-refractivity contribution in [2.24, 2.45) is 5.92 Å². The van der Waals surface area contributed by atoms with Crippen LogP contribution in [0, 0.1) is 16.0 Å². The lowest BCUT2D eigenvalue weighted by molar-refractivity contribution is -0.384. The van der Waals surface area contributed by atoms with E-state index in [1.165, 1.54) is 31.5 Å². The van der Waals surface area contributed by atoms with E-state index in [0.29, 0.717) is 12.4 Å². The highest BCUT2D eigenvalue weighted by atomic mass is 16.6. The van der Waals surface area contributed by atoms with Crippen LogP contribution >= 0.6 is 0 Å². The molecule has 0 radical (unpaired) electrons. The van der Waals surface area contributed by atoms with Crippen molar-refractivity contribution in [2.75, 3.05) is 46.9 Å². The quantitative estimate of drug-likeness (QED) is 0.571. The molecule has 0 aliphatic carbocycles. The first-order valence-electron chi connectivity index (χ1n) is 7.79. The van der Waals surface area contributed by atoms with E-state index in [4.69, 9.17) is 4.74 Å². The van der Waals surface area contributed by atoms with Gasteiger partial charge in [-0.3, -0.25) is 15.0 Å². The SMILES string of the molecule is CN(C)CC1CCN(CCOc2ccc([N+](=O)[O-])cc2)CC1. The summed E-state index contributed by atoms with van der Waals surface area (Å²) in [5.74, 6) is 1.50. The smallest absolute Gasteiger partial charge is 0.269 e. The van der Waals surface area contributed by atoms with Gasteiger partial charge in [0.15, 0.2) is 0 Å². The predicted octanol–water partition coefficient (Wildman–Crippen LogP) is 2.25. The van der Waals surface area contributed by atoms with Crippen LogP contribution in [0.1, 0.15) is 12.8 Å². The standard InChI is InChI=1S/C16H25N3O3/c1-17(2)13-14-7-9-18(10-8-14)11-12-22-16-5-3-15(4-6-16)19(20)21/h3-6,14H,7-13H2,1-2H3. The van der Waals surface area contributed by atoms with E-state index in [2.05, 4.69) is 23.9 Å². The predicted molar refractivity (Wildman–Crippen MR) is 86.3 cm³/mol. The molecule has 122 valence electrons. The second-order valence-electron chi connectivity index (χ2n) is 6.15. The van der Waals surface area contributed by atoms with E-state index in [1.54, 1.807) is 12.1 Å². The topological polar surface area (TPSA) is 58.8 Å². The molecule has 0 aromatic heterocycles. The molecule has 0 bridgehead atoms. The largest absolute Gasteiger partial charge is 0.492 e. The van der Waals surface area contributed by atoms with E-state index >= 15 is 0 Å². The maximum atomic E-state index is 10.6. The summed E-state index contributed by atoms with van der Waals surface area (Å²) in [5, 5.41) is 10.6. The van der Waals surface area contributed by atoms with Crippen LogP contribution < -0.4 is 4.74 Å². The molecule has 0 saturated carbocycles. The van der Waals surface area contributed by atoms with E-state index in [0.717, 1.165) is 25.6 Å². The highest BCUT2D eigenvalue weighted by Crippen LogP contribution is 2.19. The van der Waals surface area contributed by atoms with Crippen LogP contribution in [0.15, 0.2) is 24.3 Å². The number of hydrogen-bond acceptors (Lipinski definition) is 5. The number of nitrogens with zero attached hydrogens (tertiary/aromatic N) is 3. The zero-order chi connectivity index (χ0) is 15.9. The Hall–Kier alpha value is -1.66. The fraction of sp³-hybridized carbons (Fsp3) is 0.625. The number of benzene rings is 1.